The fourth-order valence-corrected chi connectivity index (χ4v) is 4.67. The number of rotatable bonds is 10. The molecule has 35 heavy (non-hydrogen) atoms. The Bertz CT molecular complexity index is 1080. The Kier molecular flexibility index (Phi) is 8.85. The van der Waals surface area contributed by atoms with Gasteiger partial charge in [-0.25, -0.2) is 9.97 Å². The summed E-state index contributed by atoms with van der Waals surface area (Å²) in [4.78, 5) is 26.7. The monoisotopic (exact) mass is 471 g/mol. The largest absolute Gasteiger partial charge is 0.356 e. The van der Waals surface area contributed by atoms with Crippen LogP contribution >= 0.6 is 0 Å². The normalized spacial score (nSPS) is 14.3. The van der Waals surface area contributed by atoms with Gasteiger partial charge in [0.25, 0.3) is 0 Å². The average molecular weight is 472 g/mol. The lowest BCUT2D eigenvalue weighted by Crippen LogP contribution is -2.41. The van der Waals surface area contributed by atoms with E-state index in [-0.39, 0.29) is 11.8 Å². The summed E-state index contributed by atoms with van der Waals surface area (Å²) in [7, 11) is 0. The summed E-state index contributed by atoms with van der Waals surface area (Å²) in [5.41, 5.74) is 3.56. The van der Waals surface area contributed by atoms with E-state index in [1.54, 1.807) is 0 Å². The first-order valence-corrected chi connectivity index (χ1v) is 12.8. The first-order chi connectivity index (χ1) is 17.1. The number of carbonyl (C=O) groups excluding carboxylic acids is 1. The minimum absolute atomic E-state index is 0.0796. The Balaban J connectivity index is 1.20. The fourth-order valence-electron chi connectivity index (χ4n) is 4.67. The predicted octanol–water partition coefficient (Wildman–Crippen LogP) is 4.70. The predicted molar refractivity (Wildman–Crippen MR) is 142 cm³/mol. The van der Waals surface area contributed by atoms with Crippen LogP contribution in [0.15, 0.2) is 66.9 Å². The van der Waals surface area contributed by atoms with Crippen molar-refractivity contribution in [2.75, 3.05) is 37.6 Å². The van der Waals surface area contributed by atoms with Gasteiger partial charge in [0, 0.05) is 50.4 Å². The molecule has 1 fully saturated rings. The Morgan fingerprint density at radius 1 is 1.09 bits per heavy atom. The number of anilines is 1. The zero-order chi connectivity index (χ0) is 24.5. The lowest BCUT2D eigenvalue weighted by atomic mass is 9.96. The molecule has 1 amide bonds. The number of nitrogens with one attached hydrogen (secondary N) is 1. The Morgan fingerprint density at radius 2 is 1.89 bits per heavy atom. The lowest BCUT2D eigenvalue weighted by molar-refractivity contribution is -0.125. The molecule has 2 aromatic carbocycles. The standard InChI is InChI=1S/C29H37N5O/c1-3-33(22-24-10-5-4-6-11-24)18-8-16-31-29(35)25-14-19-34(20-15-25)27-13-17-30-28(32-27)26-12-7-9-23(2)21-26/h4-7,9-13,17,21,25H,3,8,14-16,18-20,22H2,1-2H3,(H,31,35). The van der Waals surface area contributed by atoms with Gasteiger partial charge >= 0.3 is 0 Å². The molecule has 0 spiro atoms. The molecule has 1 N–H and O–H groups in total. The molecule has 1 aliphatic rings. The second kappa shape index (κ2) is 12.5. The van der Waals surface area contributed by atoms with Crippen molar-refractivity contribution in [3.05, 3.63) is 78.0 Å². The first kappa shape index (κ1) is 24.9. The van der Waals surface area contributed by atoms with Crippen LogP contribution in [0, 0.1) is 12.8 Å². The van der Waals surface area contributed by atoms with Crippen LogP contribution in [0.25, 0.3) is 11.4 Å². The van der Waals surface area contributed by atoms with Gasteiger partial charge in [-0.3, -0.25) is 9.69 Å². The minimum atomic E-state index is 0.0796. The number of hydrogen-bond acceptors (Lipinski definition) is 5. The molecule has 6 nitrogen and oxygen atoms in total. The number of nitrogens with zero attached hydrogens (tertiary/aromatic N) is 4. The number of amides is 1. The molecule has 1 aromatic heterocycles. The molecule has 1 saturated heterocycles. The quantitative estimate of drug-likeness (QED) is 0.435. The van der Waals surface area contributed by atoms with Crippen LogP contribution in [0.3, 0.4) is 0 Å². The molecule has 0 bridgehead atoms. The average Bonchev–Trinajstić information content (AvgIpc) is 2.91. The molecular weight excluding hydrogens is 434 g/mol. The third-order valence-corrected chi connectivity index (χ3v) is 6.75. The highest BCUT2D eigenvalue weighted by atomic mass is 16.1. The topological polar surface area (TPSA) is 61.4 Å². The van der Waals surface area contributed by atoms with Crippen LogP contribution in [0.4, 0.5) is 5.82 Å². The third-order valence-electron chi connectivity index (χ3n) is 6.75. The van der Waals surface area contributed by atoms with Crippen LogP contribution in [0.1, 0.15) is 37.3 Å². The van der Waals surface area contributed by atoms with Crippen LogP contribution in [-0.4, -0.2) is 53.5 Å². The maximum Gasteiger partial charge on any atom is 0.223 e. The van der Waals surface area contributed by atoms with Crippen molar-refractivity contribution < 1.29 is 4.79 Å². The Labute approximate surface area is 209 Å². The highest BCUT2D eigenvalue weighted by Crippen LogP contribution is 2.24. The molecule has 0 unspecified atom stereocenters. The second-order valence-corrected chi connectivity index (χ2v) is 9.37. The maximum atomic E-state index is 12.7. The second-order valence-electron chi connectivity index (χ2n) is 9.37. The van der Waals surface area contributed by atoms with Crippen molar-refractivity contribution in [3.8, 4) is 11.4 Å². The summed E-state index contributed by atoms with van der Waals surface area (Å²) in [6, 6.07) is 20.8. The van der Waals surface area contributed by atoms with E-state index in [2.05, 4.69) is 76.4 Å². The van der Waals surface area contributed by atoms with Crippen LogP contribution < -0.4 is 10.2 Å². The van der Waals surface area contributed by atoms with E-state index in [0.717, 1.165) is 75.7 Å². The minimum Gasteiger partial charge on any atom is -0.356 e. The molecule has 1 aliphatic heterocycles. The molecular formula is C29H37N5O. The van der Waals surface area contributed by atoms with Gasteiger partial charge in [-0.1, -0.05) is 61.0 Å². The number of piperidine rings is 1. The molecule has 0 atom stereocenters. The number of benzene rings is 2. The number of carbonyl (C=O) groups is 1. The van der Waals surface area contributed by atoms with E-state index in [9.17, 15) is 4.79 Å². The fraction of sp³-hybridized carbons (Fsp3) is 0.414. The molecule has 0 radical (unpaired) electrons. The van der Waals surface area contributed by atoms with E-state index < -0.39 is 0 Å². The van der Waals surface area contributed by atoms with Crippen molar-refractivity contribution in [1.29, 1.82) is 0 Å². The molecule has 4 rings (SSSR count). The molecule has 0 aliphatic carbocycles. The van der Waals surface area contributed by atoms with Gasteiger partial charge in [-0.05, 0) is 50.4 Å². The van der Waals surface area contributed by atoms with Gasteiger partial charge in [-0.15, -0.1) is 0 Å². The Morgan fingerprint density at radius 3 is 2.63 bits per heavy atom. The van der Waals surface area contributed by atoms with Gasteiger partial charge in [0.05, 0.1) is 0 Å². The van der Waals surface area contributed by atoms with Crippen molar-refractivity contribution in [3.63, 3.8) is 0 Å². The van der Waals surface area contributed by atoms with E-state index in [1.807, 2.05) is 24.4 Å². The zero-order valence-electron chi connectivity index (χ0n) is 21.0. The zero-order valence-corrected chi connectivity index (χ0v) is 21.0. The Hall–Kier alpha value is -3.25. The summed E-state index contributed by atoms with van der Waals surface area (Å²) >= 11 is 0. The highest BCUT2D eigenvalue weighted by molar-refractivity contribution is 5.79. The van der Waals surface area contributed by atoms with Crippen molar-refractivity contribution >= 4 is 11.7 Å². The van der Waals surface area contributed by atoms with Crippen LogP contribution in [-0.2, 0) is 11.3 Å². The van der Waals surface area contributed by atoms with E-state index in [0.29, 0.717) is 0 Å². The van der Waals surface area contributed by atoms with E-state index >= 15 is 0 Å². The molecule has 2 heterocycles. The summed E-state index contributed by atoms with van der Waals surface area (Å²) in [5, 5.41) is 3.18. The summed E-state index contributed by atoms with van der Waals surface area (Å²) in [6.07, 6.45) is 4.50. The van der Waals surface area contributed by atoms with Crippen molar-refractivity contribution in [2.24, 2.45) is 5.92 Å². The summed E-state index contributed by atoms with van der Waals surface area (Å²) in [5.74, 6) is 1.96. The SMILES string of the molecule is CCN(CCCNC(=O)C1CCN(c2ccnc(-c3cccc(C)c3)n2)CC1)Cc1ccccc1. The third kappa shape index (κ3) is 7.12. The van der Waals surface area contributed by atoms with Crippen molar-refractivity contribution in [1.82, 2.24) is 20.2 Å². The summed E-state index contributed by atoms with van der Waals surface area (Å²) < 4.78 is 0. The van der Waals surface area contributed by atoms with Crippen LogP contribution in [0.5, 0.6) is 0 Å². The molecule has 184 valence electrons. The molecule has 6 heteroatoms. The summed E-state index contributed by atoms with van der Waals surface area (Å²) in [6.45, 7) is 9.63. The van der Waals surface area contributed by atoms with Gasteiger partial charge < -0.3 is 10.2 Å². The van der Waals surface area contributed by atoms with Gasteiger partial charge in [0.2, 0.25) is 5.91 Å². The van der Waals surface area contributed by atoms with E-state index in [4.69, 9.17) is 4.98 Å². The van der Waals surface area contributed by atoms with E-state index in [1.165, 1.54) is 11.1 Å². The first-order valence-electron chi connectivity index (χ1n) is 12.8. The molecule has 0 saturated carbocycles. The number of aromatic nitrogens is 2. The van der Waals surface area contributed by atoms with Gasteiger partial charge in [0.15, 0.2) is 5.82 Å². The van der Waals surface area contributed by atoms with Crippen molar-refractivity contribution in [2.45, 2.75) is 39.7 Å². The smallest absolute Gasteiger partial charge is 0.223 e. The lowest BCUT2D eigenvalue weighted by Gasteiger charge is -2.32. The van der Waals surface area contributed by atoms with Gasteiger partial charge in [-0.2, -0.15) is 0 Å². The van der Waals surface area contributed by atoms with Crippen LogP contribution in [0.2, 0.25) is 0 Å². The van der Waals surface area contributed by atoms with Gasteiger partial charge in [0.1, 0.15) is 5.82 Å². The number of aryl methyl sites for hydroxylation is 1. The highest BCUT2D eigenvalue weighted by Gasteiger charge is 2.25. The molecule has 3 aromatic rings. The number of hydrogen-bond donors (Lipinski definition) is 1. The maximum absolute atomic E-state index is 12.7.